The maximum atomic E-state index is 11.8. The van der Waals surface area contributed by atoms with E-state index in [1.165, 1.54) is 0 Å². The van der Waals surface area contributed by atoms with Gasteiger partial charge >= 0.3 is 0 Å². The summed E-state index contributed by atoms with van der Waals surface area (Å²) < 4.78 is 1.87. The molecule has 1 rings (SSSR count). The number of halogens is 3. The van der Waals surface area contributed by atoms with Crippen LogP contribution in [-0.4, -0.2) is 18.3 Å². The minimum Gasteiger partial charge on any atom is -0.352 e. The monoisotopic (exact) mass is 415 g/mol. The molecule has 0 spiro atoms. The summed E-state index contributed by atoms with van der Waals surface area (Å²) in [6.07, 6.45) is 1.84. The van der Waals surface area contributed by atoms with Gasteiger partial charge in [0.05, 0.1) is 5.56 Å². The van der Waals surface area contributed by atoms with Gasteiger partial charge in [-0.25, -0.2) is 0 Å². The molecule has 0 saturated carbocycles. The number of carbonyl (C=O) groups excluding carboxylic acids is 1. The second-order valence-corrected chi connectivity index (χ2v) is 5.75. The third-order valence-corrected chi connectivity index (χ3v) is 3.65. The smallest absolute Gasteiger partial charge is 0.252 e. The first-order valence-corrected chi connectivity index (χ1v) is 7.35. The minimum atomic E-state index is -0.0417. The van der Waals surface area contributed by atoms with E-state index in [2.05, 4.69) is 43.8 Å². The van der Waals surface area contributed by atoms with Gasteiger partial charge < -0.3 is 5.32 Å². The number of hydrogen-bond acceptors (Lipinski definition) is 1. The molecule has 0 aliphatic carbocycles. The summed E-state index contributed by atoms with van der Waals surface area (Å²) in [5.74, 6) is 0.600. The van der Waals surface area contributed by atoms with Crippen molar-refractivity contribution in [1.82, 2.24) is 5.32 Å². The first kappa shape index (κ1) is 14.3. The summed E-state index contributed by atoms with van der Waals surface area (Å²) in [5, 5.41) is 2.87. The van der Waals surface area contributed by atoms with Crippen molar-refractivity contribution < 1.29 is 4.79 Å². The Bertz CT molecular complexity index is 373. The molecule has 1 amide bonds. The van der Waals surface area contributed by atoms with Crippen LogP contribution in [0, 0.1) is 3.57 Å². The van der Waals surface area contributed by atoms with Crippen LogP contribution in [0.4, 0.5) is 0 Å². The zero-order valence-corrected chi connectivity index (χ0v) is 13.1. The van der Waals surface area contributed by atoms with E-state index in [0.717, 1.165) is 20.9 Å². The molecular formula is C11H12BrClINO. The zero-order valence-electron chi connectivity index (χ0n) is 8.60. The highest BCUT2D eigenvalue weighted by molar-refractivity contribution is 14.1. The first-order valence-electron chi connectivity index (χ1n) is 4.94. The number of amides is 1. The van der Waals surface area contributed by atoms with E-state index in [9.17, 15) is 4.79 Å². The van der Waals surface area contributed by atoms with Gasteiger partial charge in [0, 0.05) is 20.5 Å². The van der Waals surface area contributed by atoms with E-state index in [0.29, 0.717) is 18.0 Å². The second-order valence-electron chi connectivity index (χ2n) is 3.28. The highest BCUT2D eigenvalue weighted by atomic mass is 127. The number of hydrogen-bond donors (Lipinski definition) is 1. The van der Waals surface area contributed by atoms with E-state index in [1.54, 1.807) is 0 Å². The quantitative estimate of drug-likeness (QED) is 0.442. The van der Waals surface area contributed by atoms with Crippen LogP contribution in [0.5, 0.6) is 0 Å². The van der Waals surface area contributed by atoms with Crippen LogP contribution in [-0.2, 0) is 0 Å². The number of nitrogens with one attached hydrogen (secondary N) is 1. The molecule has 1 aromatic carbocycles. The van der Waals surface area contributed by atoms with Crippen molar-refractivity contribution in [3.05, 3.63) is 31.8 Å². The molecule has 0 aliphatic heterocycles. The Balaban J connectivity index is 2.55. The van der Waals surface area contributed by atoms with Crippen molar-refractivity contribution in [3.8, 4) is 0 Å². The molecule has 1 N–H and O–H groups in total. The van der Waals surface area contributed by atoms with Gasteiger partial charge in [0.2, 0.25) is 0 Å². The van der Waals surface area contributed by atoms with Crippen molar-refractivity contribution in [1.29, 1.82) is 0 Å². The lowest BCUT2D eigenvalue weighted by Crippen LogP contribution is -2.24. The van der Waals surface area contributed by atoms with Crippen LogP contribution in [0.2, 0.25) is 0 Å². The summed E-state index contributed by atoms with van der Waals surface area (Å²) in [7, 11) is 0. The first-order chi connectivity index (χ1) is 7.65. The van der Waals surface area contributed by atoms with Gasteiger partial charge in [0.1, 0.15) is 0 Å². The van der Waals surface area contributed by atoms with E-state index in [-0.39, 0.29) is 5.91 Å². The summed E-state index contributed by atoms with van der Waals surface area (Å²) in [6, 6.07) is 5.70. The van der Waals surface area contributed by atoms with E-state index < -0.39 is 0 Å². The highest BCUT2D eigenvalue weighted by Crippen LogP contribution is 2.19. The maximum Gasteiger partial charge on any atom is 0.252 e. The Morgan fingerprint density at radius 1 is 1.44 bits per heavy atom. The molecule has 16 heavy (non-hydrogen) atoms. The minimum absolute atomic E-state index is 0.0417. The normalized spacial score (nSPS) is 10.2. The number of carbonyl (C=O) groups is 1. The Kier molecular flexibility index (Phi) is 6.68. The lowest BCUT2D eigenvalue weighted by molar-refractivity contribution is 0.0952. The molecule has 0 saturated heterocycles. The van der Waals surface area contributed by atoms with Gasteiger partial charge in [0.25, 0.3) is 5.91 Å². The third kappa shape index (κ3) is 4.59. The lowest BCUT2D eigenvalue weighted by Gasteiger charge is -2.06. The zero-order chi connectivity index (χ0) is 12.0. The molecular weight excluding hydrogens is 404 g/mol. The molecule has 0 bridgehead atoms. The van der Waals surface area contributed by atoms with Gasteiger partial charge in [0.15, 0.2) is 0 Å². The number of rotatable bonds is 5. The molecule has 0 heterocycles. The van der Waals surface area contributed by atoms with Gasteiger partial charge in [-0.3, -0.25) is 4.79 Å². The SMILES string of the molecule is O=C(NCCCCCl)c1cc(I)ccc1Br. The molecule has 0 aromatic heterocycles. The topological polar surface area (TPSA) is 29.1 Å². The van der Waals surface area contributed by atoms with Gasteiger partial charge in [-0.15, -0.1) is 11.6 Å². The molecule has 88 valence electrons. The van der Waals surface area contributed by atoms with Gasteiger partial charge in [-0.05, 0) is 69.6 Å². The fourth-order valence-electron chi connectivity index (χ4n) is 1.19. The fraction of sp³-hybridized carbons (Fsp3) is 0.364. The fourth-order valence-corrected chi connectivity index (χ4v) is 2.30. The maximum absolute atomic E-state index is 11.8. The molecule has 2 nitrogen and oxygen atoms in total. The number of unbranched alkanes of at least 4 members (excludes halogenated alkanes) is 1. The van der Waals surface area contributed by atoms with E-state index in [1.807, 2.05) is 18.2 Å². The predicted octanol–water partition coefficient (Wildman–Crippen LogP) is 3.80. The Morgan fingerprint density at radius 2 is 2.19 bits per heavy atom. The van der Waals surface area contributed by atoms with Crippen LogP contribution < -0.4 is 5.32 Å². The van der Waals surface area contributed by atoms with E-state index >= 15 is 0 Å². The molecule has 1 aromatic rings. The highest BCUT2D eigenvalue weighted by Gasteiger charge is 2.09. The van der Waals surface area contributed by atoms with Crippen molar-refractivity contribution in [2.24, 2.45) is 0 Å². The van der Waals surface area contributed by atoms with Gasteiger partial charge in [-0.1, -0.05) is 0 Å². The summed E-state index contributed by atoms with van der Waals surface area (Å²) >= 11 is 11.1. The summed E-state index contributed by atoms with van der Waals surface area (Å²) in [5.41, 5.74) is 0.678. The van der Waals surface area contributed by atoms with Crippen molar-refractivity contribution >= 4 is 56.0 Å². The van der Waals surface area contributed by atoms with Crippen molar-refractivity contribution in [2.45, 2.75) is 12.8 Å². The van der Waals surface area contributed by atoms with Gasteiger partial charge in [-0.2, -0.15) is 0 Å². The third-order valence-electron chi connectivity index (χ3n) is 2.02. The Hall–Kier alpha value is 0.190. The Labute approximate surface area is 122 Å². The molecule has 0 atom stereocenters. The molecule has 0 radical (unpaired) electrons. The molecule has 0 fully saturated rings. The Morgan fingerprint density at radius 3 is 2.88 bits per heavy atom. The largest absolute Gasteiger partial charge is 0.352 e. The van der Waals surface area contributed by atoms with Crippen molar-refractivity contribution in [2.75, 3.05) is 12.4 Å². The number of benzene rings is 1. The van der Waals surface area contributed by atoms with E-state index in [4.69, 9.17) is 11.6 Å². The second kappa shape index (κ2) is 7.50. The average Bonchev–Trinajstić information content (AvgIpc) is 2.27. The van der Waals surface area contributed by atoms with Crippen LogP contribution in [0.3, 0.4) is 0 Å². The standard InChI is InChI=1S/C11H12BrClINO/c12-10-4-3-8(14)7-9(10)11(16)15-6-2-1-5-13/h3-4,7H,1-2,5-6H2,(H,15,16). The van der Waals surface area contributed by atoms with Crippen LogP contribution in [0.15, 0.2) is 22.7 Å². The molecule has 5 heteroatoms. The lowest BCUT2D eigenvalue weighted by atomic mass is 10.2. The summed E-state index contributed by atoms with van der Waals surface area (Å²) in [6.45, 7) is 0.670. The van der Waals surface area contributed by atoms with Crippen molar-refractivity contribution in [3.63, 3.8) is 0 Å². The molecule has 0 aliphatic rings. The molecule has 0 unspecified atom stereocenters. The van der Waals surface area contributed by atoms with Crippen LogP contribution in [0.1, 0.15) is 23.2 Å². The number of alkyl halides is 1. The average molecular weight is 416 g/mol. The predicted molar refractivity (Wildman–Crippen MR) is 79.1 cm³/mol. The van der Waals surface area contributed by atoms with Crippen LogP contribution >= 0.6 is 50.1 Å². The van der Waals surface area contributed by atoms with Crippen LogP contribution in [0.25, 0.3) is 0 Å². The summed E-state index contributed by atoms with van der Waals surface area (Å²) in [4.78, 5) is 11.8.